The molecule has 0 bridgehead atoms. The van der Waals surface area contributed by atoms with E-state index in [9.17, 15) is 13.2 Å². The number of hydrogen-bond donors (Lipinski definition) is 1. The van der Waals surface area contributed by atoms with Gasteiger partial charge in [0.1, 0.15) is 0 Å². The number of nitrogens with zero attached hydrogens (tertiary/aromatic N) is 2. The number of carbonyl (C=O) groups is 1. The summed E-state index contributed by atoms with van der Waals surface area (Å²) >= 11 is 0. The van der Waals surface area contributed by atoms with Crippen molar-refractivity contribution in [3.05, 3.63) is 43.0 Å². The van der Waals surface area contributed by atoms with E-state index in [2.05, 4.69) is 16.2 Å². The van der Waals surface area contributed by atoms with Gasteiger partial charge >= 0.3 is 0 Å². The van der Waals surface area contributed by atoms with E-state index in [1.807, 2.05) is 30.3 Å². The first-order valence-corrected chi connectivity index (χ1v) is 9.94. The molecule has 1 aromatic carbocycles. The molecule has 0 radical (unpaired) electrons. The lowest BCUT2D eigenvalue weighted by Crippen LogP contribution is -2.48. The van der Waals surface area contributed by atoms with Crippen LogP contribution in [-0.4, -0.2) is 57.7 Å². The van der Waals surface area contributed by atoms with Gasteiger partial charge in [-0.3, -0.25) is 9.69 Å². The molecule has 0 aliphatic carbocycles. The minimum atomic E-state index is -3.18. The van der Waals surface area contributed by atoms with Crippen LogP contribution < -0.4 is 9.62 Å². The molecule has 2 rings (SSSR count). The summed E-state index contributed by atoms with van der Waals surface area (Å²) in [7, 11) is -3.18. The van der Waals surface area contributed by atoms with E-state index in [0.29, 0.717) is 39.0 Å². The Morgan fingerprint density at radius 1 is 1.33 bits per heavy atom. The van der Waals surface area contributed by atoms with E-state index in [1.165, 1.54) is 6.26 Å². The topological polar surface area (TPSA) is 69.7 Å². The van der Waals surface area contributed by atoms with Gasteiger partial charge in [0.2, 0.25) is 15.9 Å². The standard InChI is InChI=1S/C17H25N3O3S/c1-3-11-20(16-7-5-4-6-8-16)17(21)14-19-12-9-15(10-13-19)18-24(2,22)23/h3-8,15,18H,1,9-14H2,2H3. The van der Waals surface area contributed by atoms with Crippen molar-refractivity contribution in [2.75, 3.05) is 37.3 Å². The highest BCUT2D eigenvalue weighted by atomic mass is 32.2. The van der Waals surface area contributed by atoms with Crippen LogP contribution in [0.4, 0.5) is 5.69 Å². The van der Waals surface area contributed by atoms with Crippen molar-refractivity contribution in [2.24, 2.45) is 0 Å². The maximum atomic E-state index is 12.6. The molecule has 132 valence electrons. The number of likely N-dealkylation sites (tertiary alicyclic amines) is 1. The fourth-order valence-electron chi connectivity index (χ4n) is 2.88. The summed E-state index contributed by atoms with van der Waals surface area (Å²) in [5.74, 6) is 0.0237. The minimum absolute atomic E-state index is 0.0237. The van der Waals surface area contributed by atoms with E-state index in [1.54, 1.807) is 11.0 Å². The Hall–Kier alpha value is -1.70. The SMILES string of the molecule is C=CCN(C(=O)CN1CCC(NS(C)(=O)=O)CC1)c1ccccc1. The van der Waals surface area contributed by atoms with Crippen LogP contribution in [0.25, 0.3) is 0 Å². The van der Waals surface area contributed by atoms with Crippen LogP contribution in [0, 0.1) is 0 Å². The average molecular weight is 351 g/mol. The van der Waals surface area contributed by atoms with Gasteiger partial charge in [-0.15, -0.1) is 6.58 Å². The molecule has 0 aromatic heterocycles. The molecule has 1 amide bonds. The molecule has 1 aromatic rings. The average Bonchev–Trinajstić information content (AvgIpc) is 2.54. The molecule has 6 nitrogen and oxygen atoms in total. The number of piperidine rings is 1. The zero-order valence-electron chi connectivity index (χ0n) is 14.0. The molecule has 0 spiro atoms. The van der Waals surface area contributed by atoms with Crippen LogP contribution in [0.5, 0.6) is 0 Å². The number of para-hydroxylation sites is 1. The summed E-state index contributed by atoms with van der Waals surface area (Å²) in [6, 6.07) is 9.50. The van der Waals surface area contributed by atoms with Crippen LogP contribution >= 0.6 is 0 Å². The smallest absolute Gasteiger partial charge is 0.241 e. The van der Waals surface area contributed by atoms with Crippen LogP contribution in [-0.2, 0) is 14.8 Å². The molecule has 24 heavy (non-hydrogen) atoms. The number of carbonyl (C=O) groups excluding carboxylic acids is 1. The normalized spacial score (nSPS) is 16.7. The number of amides is 1. The van der Waals surface area contributed by atoms with Gasteiger partial charge in [-0.1, -0.05) is 24.3 Å². The lowest BCUT2D eigenvalue weighted by molar-refractivity contribution is -0.119. The van der Waals surface area contributed by atoms with Gasteiger partial charge < -0.3 is 4.90 Å². The summed E-state index contributed by atoms with van der Waals surface area (Å²) in [4.78, 5) is 16.4. The quantitative estimate of drug-likeness (QED) is 0.750. The summed E-state index contributed by atoms with van der Waals surface area (Å²) in [5.41, 5.74) is 0.857. The largest absolute Gasteiger partial charge is 0.308 e. The molecular weight excluding hydrogens is 326 g/mol. The highest BCUT2D eigenvalue weighted by Crippen LogP contribution is 2.16. The fourth-order valence-corrected chi connectivity index (χ4v) is 3.72. The third kappa shape index (κ3) is 5.74. The van der Waals surface area contributed by atoms with Crippen molar-refractivity contribution in [1.29, 1.82) is 0 Å². The minimum Gasteiger partial charge on any atom is -0.308 e. The van der Waals surface area contributed by atoms with Gasteiger partial charge in [0.25, 0.3) is 0 Å². The van der Waals surface area contributed by atoms with Crippen LogP contribution in [0.15, 0.2) is 43.0 Å². The molecule has 1 saturated heterocycles. The Bertz CT molecular complexity index is 653. The van der Waals surface area contributed by atoms with Crippen molar-refractivity contribution < 1.29 is 13.2 Å². The molecule has 7 heteroatoms. The molecular formula is C17H25N3O3S. The summed E-state index contributed by atoms with van der Waals surface area (Å²) in [5, 5.41) is 0. The van der Waals surface area contributed by atoms with Crippen molar-refractivity contribution in [3.63, 3.8) is 0 Å². The second-order valence-electron chi connectivity index (χ2n) is 6.07. The number of anilines is 1. The first-order valence-electron chi connectivity index (χ1n) is 8.05. The number of benzene rings is 1. The summed E-state index contributed by atoms with van der Waals surface area (Å²) in [6.45, 7) is 5.93. The third-order valence-corrected chi connectivity index (χ3v) is 4.77. The lowest BCUT2D eigenvalue weighted by atomic mass is 10.1. The van der Waals surface area contributed by atoms with E-state index < -0.39 is 10.0 Å². The van der Waals surface area contributed by atoms with E-state index >= 15 is 0 Å². The van der Waals surface area contributed by atoms with Crippen LogP contribution in [0.1, 0.15) is 12.8 Å². The third-order valence-electron chi connectivity index (χ3n) is 4.01. The second-order valence-corrected chi connectivity index (χ2v) is 7.85. The van der Waals surface area contributed by atoms with Gasteiger partial charge in [0.15, 0.2) is 0 Å². The van der Waals surface area contributed by atoms with Crippen molar-refractivity contribution in [3.8, 4) is 0 Å². The molecule has 1 N–H and O–H groups in total. The van der Waals surface area contributed by atoms with Gasteiger partial charge in [0.05, 0.1) is 12.8 Å². The van der Waals surface area contributed by atoms with Gasteiger partial charge in [-0.05, 0) is 25.0 Å². The lowest BCUT2D eigenvalue weighted by Gasteiger charge is -2.33. The number of rotatable bonds is 7. The Morgan fingerprint density at radius 2 is 1.96 bits per heavy atom. The van der Waals surface area contributed by atoms with Crippen molar-refractivity contribution in [2.45, 2.75) is 18.9 Å². The van der Waals surface area contributed by atoms with Crippen molar-refractivity contribution >= 4 is 21.6 Å². The predicted molar refractivity (Wildman–Crippen MR) is 96.4 cm³/mol. The number of sulfonamides is 1. The van der Waals surface area contributed by atoms with Crippen LogP contribution in [0.2, 0.25) is 0 Å². The molecule has 1 aliphatic rings. The molecule has 1 aliphatic heterocycles. The van der Waals surface area contributed by atoms with Crippen LogP contribution in [0.3, 0.4) is 0 Å². The van der Waals surface area contributed by atoms with E-state index in [4.69, 9.17) is 0 Å². The molecule has 1 fully saturated rings. The van der Waals surface area contributed by atoms with Gasteiger partial charge in [-0.2, -0.15) is 0 Å². The molecule has 1 heterocycles. The zero-order valence-corrected chi connectivity index (χ0v) is 14.8. The highest BCUT2D eigenvalue weighted by Gasteiger charge is 2.24. The maximum absolute atomic E-state index is 12.6. The Morgan fingerprint density at radius 3 is 2.50 bits per heavy atom. The van der Waals surface area contributed by atoms with Crippen molar-refractivity contribution in [1.82, 2.24) is 9.62 Å². The summed E-state index contributed by atoms with van der Waals surface area (Å²) in [6.07, 6.45) is 4.32. The first kappa shape index (κ1) is 18.6. The Labute approximate surface area is 144 Å². The fraction of sp³-hybridized carbons (Fsp3) is 0.471. The Balaban J connectivity index is 1.91. The van der Waals surface area contributed by atoms with E-state index in [0.717, 1.165) is 5.69 Å². The second kappa shape index (κ2) is 8.41. The Kier molecular flexibility index (Phi) is 6.53. The monoisotopic (exact) mass is 351 g/mol. The summed E-state index contributed by atoms with van der Waals surface area (Å²) < 4.78 is 25.2. The van der Waals surface area contributed by atoms with Gasteiger partial charge in [-0.25, -0.2) is 13.1 Å². The number of nitrogens with one attached hydrogen (secondary N) is 1. The number of hydrogen-bond acceptors (Lipinski definition) is 4. The maximum Gasteiger partial charge on any atom is 0.241 e. The van der Waals surface area contributed by atoms with Gasteiger partial charge in [0, 0.05) is 31.4 Å². The molecule has 0 saturated carbocycles. The first-order chi connectivity index (χ1) is 11.4. The zero-order chi connectivity index (χ0) is 17.6. The molecule has 0 atom stereocenters. The van der Waals surface area contributed by atoms with E-state index in [-0.39, 0.29) is 11.9 Å². The predicted octanol–water partition coefficient (Wildman–Crippen LogP) is 1.22. The highest BCUT2D eigenvalue weighted by molar-refractivity contribution is 7.88. The molecule has 0 unspecified atom stereocenters.